The van der Waals surface area contributed by atoms with E-state index < -0.39 is 11.6 Å². The van der Waals surface area contributed by atoms with Crippen LogP contribution < -0.4 is 9.47 Å². The molecule has 0 bridgehead atoms. The fraction of sp³-hybridized carbons (Fsp3) is 0.200. The van der Waals surface area contributed by atoms with E-state index in [0.29, 0.717) is 36.8 Å². The largest absolute Gasteiger partial charge is 0.493 e. The van der Waals surface area contributed by atoms with Crippen LogP contribution in [-0.2, 0) is 17.6 Å². The molecule has 0 aliphatic heterocycles. The van der Waals surface area contributed by atoms with Gasteiger partial charge in [0.15, 0.2) is 5.60 Å². The Morgan fingerprint density at radius 3 is 2.17 bits per heavy atom. The Bertz CT molecular complexity index is 1610. The lowest BCUT2D eigenvalue weighted by Gasteiger charge is -2.24. The van der Waals surface area contributed by atoms with Gasteiger partial charge < -0.3 is 19.0 Å². The van der Waals surface area contributed by atoms with E-state index in [1.54, 1.807) is 12.1 Å². The average molecular weight is 548 g/mol. The number of rotatable bonds is 11. The minimum Gasteiger partial charge on any atom is -0.493 e. The molecule has 0 radical (unpaired) electrons. The van der Waals surface area contributed by atoms with Crippen molar-refractivity contribution in [1.29, 1.82) is 0 Å². The zero-order valence-corrected chi connectivity index (χ0v) is 23.5. The third-order valence-electron chi connectivity index (χ3n) is 6.89. The summed E-state index contributed by atoms with van der Waals surface area (Å²) in [4.78, 5) is 16.4. The van der Waals surface area contributed by atoms with Gasteiger partial charge in [0.05, 0.1) is 12.3 Å². The highest BCUT2D eigenvalue weighted by Crippen LogP contribution is 2.30. The Morgan fingerprint density at radius 2 is 1.49 bits per heavy atom. The van der Waals surface area contributed by atoms with E-state index in [2.05, 4.69) is 24.3 Å². The second kappa shape index (κ2) is 12.1. The second-order valence-electron chi connectivity index (χ2n) is 10.4. The maximum atomic E-state index is 11.7. The van der Waals surface area contributed by atoms with Gasteiger partial charge in [-0.1, -0.05) is 72.8 Å². The number of ether oxygens (including phenoxy) is 2. The van der Waals surface area contributed by atoms with E-state index in [0.717, 1.165) is 39.3 Å². The van der Waals surface area contributed by atoms with E-state index in [4.69, 9.17) is 18.9 Å². The summed E-state index contributed by atoms with van der Waals surface area (Å²) in [6.07, 6.45) is 1.16. The first-order valence-corrected chi connectivity index (χ1v) is 13.6. The molecule has 1 N–H and O–H groups in total. The third kappa shape index (κ3) is 6.84. The van der Waals surface area contributed by atoms with Gasteiger partial charge in [-0.15, -0.1) is 0 Å². The van der Waals surface area contributed by atoms with Crippen molar-refractivity contribution in [3.63, 3.8) is 0 Å². The van der Waals surface area contributed by atoms with Gasteiger partial charge in [-0.05, 0) is 67.8 Å². The van der Waals surface area contributed by atoms with Gasteiger partial charge >= 0.3 is 5.97 Å². The summed E-state index contributed by atoms with van der Waals surface area (Å²) in [5.41, 5.74) is 4.65. The first-order valence-electron chi connectivity index (χ1n) is 13.6. The molecule has 5 aromatic rings. The van der Waals surface area contributed by atoms with Crippen LogP contribution in [0.25, 0.3) is 22.6 Å². The Hall–Kier alpha value is -4.84. The lowest BCUT2D eigenvalue weighted by molar-refractivity contribution is -0.152. The molecule has 0 saturated heterocycles. The van der Waals surface area contributed by atoms with Gasteiger partial charge in [0, 0.05) is 24.0 Å². The molecule has 0 aliphatic rings. The molecule has 0 unspecified atom stereocenters. The molecule has 1 aromatic heterocycles. The molecule has 0 aliphatic carbocycles. The molecular weight excluding hydrogens is 514 g/mol. The number of hydrogen-bond acceptors (Lipinski definition) is 5. The molecule has 6 heteroatoms. The molecule has 4 aromatic carbocycles. The molecule has 208 valence electrons. The SMILES string of the molecule is Cc1oc(-c2ccc(-c3ccccc3)cc2)nc1CCOc1ccc(OC(C)(C)C(=O)O)c(Cc2ccccc2)c1. The molecule has 0 amide bonds. The van der Waals surface area contributed by atoms with Gasteiger partial charge in [0.1, 0.15) is 17.3 Å². The number of oxazole rings is 1. The number of aryl methyl sites for hydroxylation is 1. The van der Waals surface area contributed by atoms with Crippen molar-refractivity contribution in [2.24, 2.45) is 0 Å². The number of aliphatic carboxylic acids is 1. The highest BCUT2D eigenvalue weighted by atomic mass is 16.5. The first kappa shape index (κ1) is 27.7. The van der Waals surface area contributed by atoms with Gasteiger partial charge in [0.2, 0.25) is 5.89 Å². The summed E-state index contributed by atoms with van der Waals surface area (Å²) in [6.45, 7) is 5.40. The lowest BCUT2D eigenvalue weighted by atomic mass is 10.0. The molecule has 41 heavy (non-hydrogen) atoms. The van der Waals surface area contributed by atoms with Crippen LogP contribution in [0.3, 0.4) is 0 Å². The zero-order valence-electron chi connectivity index (χ0n) is 23.5. The highest BCUT2D eigenvalue weighted by molar-refractivity contribution is 5.77. The third-order valence-corrected chi connectivity index (χ3v) is 6.89. The number of nitrogens with zero attached hydrogens (tertiary/aromatic N) is 1. The summed E-state index contributed by atoms with van der Waals surface area (Å²) in [7, 11) is 0. The smallest absolute Gasteiger partial charge is 0.347 e. The van der Waals surface area contributed by atoms with Crippen molar-refractivity contribution < 1.29 is 23.8 Å². The first-order chi connectivity index (χ1) is 19.8. The van der Waals surface area contributed by atoms with Crippen LogP contribution in [-0.4, -0.2) is 28.3 Å². The molecule has 0 fully saturated rings. The predicted molar refractivity (Wildman–Crippen MR) is 159 cm³/mol. The number of carboxylic acids is 1. The fourth-order valence-electron chi connectivity index (χ4n) is 4.50. The number of benzene rings is 4. The summed E-state index contributed by atoms with van der Waals surface area (Å²) >= 11 is 0. The summed E-state index contributed by atoms with van der Waals surface area (Å²) in [5, 5.41) is 9.56. The van der Waals surface area contributed by atoms with Gasteiger partial charge in [-0.25, -0.2) is 9.78 Å². The summed E-state index contributed by atoms with van der Waals surface area (Å²) in [5.74, 6) is 1.51. The number of aromatic nitrogens is 1. The monoisotopic (exact) mass is 547 g/mol. The highest BCUT2D eigenvalue weighted by Gasteiger charge is 2.30. The lowest BCUT2D eigenvalue weighted by Crippen LogP contribution is -2.38. The molecule has 1 heterocycles. The van der Waals surface area contributed by atoms with Crippen LogP contribution in [0.15, 0.2) is 108 Å². The van der Waals surface area contributed by atoms with Crippen molar-refractivity contribution in [3.8, 4) is 34.1 Å². The van der Waals surface area contributed by atoms with Crippen LogP contribution in [0.5, 0.6) is 11.5 Å². The van der Waals surface area contributed by atoms with E-state index in [9.17, 15) is 9.90 Å². The van der Waals surface area contributed by atoms with Crippen LogP contribution in [0, 0.1) is 6.92 Å². The van der Waals surface area contributed by atoms with Gasteiger partial charge in [-0.3, -0.25) is 0 Å². The molecule has 0 atom stereocenters. The Labute approximate surface area is 240 Å². The molecule has 0 spiro atoms. The van der Waals surface area contributed by atoms with Crippen molar-refractivity contribution >= 4 is 5.97 Å². The van der Waals surface area contributed by atoms with Crippen LogP contribution in [0.2, 0.25) is 0 Å². The van der Waals surface area contributed by atoms with E-state index in [-0.39, 0.29) is 0 Å². The van der Waals surface area contributed by atoms with Crippen LogP contribution in [0.1, 0.15) is 36.4 Å². The number of carbonyl (C=O) groups is 1. The standard InChI is InChI=1S/C35H33NO5/c1-24-31(36-33(40-24)28-16-14-27(15-17-28)26-12-8-5-9-13-26)20-21-39-30-18-19-32(41-35(2,3)34(37)38)29(23-30)22-25-10-6-4-7-11-25/h4-19,23H,20-22H2,1-3H3,(H,37,38). The van der Waals surface area contributed by atoms with Crippen LogP contribution >= 0.6 is 0 Å². The van der Waals surface area contributed by atoms with Gasteiger partial charge in [-0.2, -0.15) is 0 Å². The van der Waals surface area contributed by atoms with Gasteiger partial charge in [0.25, 0.3) is 0 Å². The van der Waals surface area contributed by atoms with Crippen molar-refractivity contribution in [2.75, 3.05) is 6.61 Å². The maximum absolute atomic E-state index is 11.7. The Kier molecular flexibility index (Phi) is 8.20. The quantitative estimate of drug-likeness (QED) is 0.182. The van der Waals surface area contributed by atoms with Crippen LogP contribution in [0.4, 0.5) is 0 Å². The topological polar surface area (TPSA) is 81.8 Å². The number of hydrogen-bond donors (Lipinski definition) is 1. The molecule has 5 rings (SSSR count). The zero-order chi connectivity index (χ0) is 28.8. The van der Waals surface area contributed by atoms with Crippen molar-refractivity contribution in [1.82, 2.24) is 4.98 Å². The predicted octanol–water partition coefficient (Wildman–Crippen LogP) is 7.77. The normalized spacial score (nSPS) is 11.3. The summed E-state index contributed by atoms with van der Waals surface area (Å²) in [6, 6.07) is 33.9. The molecule has 0 saturated carbocycles. The maximum Gasteiger partial charge on any atom is 0.347 e. The number of carboxylic acid groups (broad SMARTS) is 1. The van der Waals surface area contributed by atoms with E-state index in [1.165, 1.54) is 13.8 Å². The Balaban J connectivity index is 1.27. The van der Waals surface area contributed by atoms with Crippen molar-refractivity contribution in [2.45, 2.75) is 39.2 Å². The molecule has 6 nitrogen and oxygen atoms in total. The minimum atomic E-state index is -1.36. The Morgan fingerprint density at radius 1 is 0.854 bits per heavy atom. The van der Waals surface area contributed by atoms with E-state index >= 15 is 0 Å². The second-order valence-corrected chi connectivity index (χ2v) is 10.4. The average Bonchev–Trinajstić information content (AvgIpc) is 3.35. The minimum absolute atomic E-state index is 0.408. The van der Waals surface area contributed by atoms with Crippen molar-refractivity contribution in [3.05, 3.63) is 126 Å². The summed E-state index contributed by atoms with van der Waals surface area (Å²) < 4.78 is 18.0. The fourth-order valence-corrected chi connectivity index (χ4v) is 4.50. The molecular formula is C35H33NO5. The van der Waals surface area contributed by atoms with E-state index in [1.807, 2.05) is 73.7 Å².